The number of fused-ring (bicyclic) bond motifs is 3. The van der Waals surface area contributed by atoms with Gasteiger partial charge < -0.3 is 34.0 Å². The molecule has 286 valence electrons. The number of β-lactam (4-membered cyclic amide) rings is 1. The summed E-state index contributed by atoms with van der Waals surface area (Å²) < 4.78 is 17.6. The average Bonchev–Trinajstić information content (AvgIpc) is 3.60. The highest BCUT2D eigenvalue weighted by Gasteiger charge is 2.66. The summed E-state index contributed by atoms with van der Waals surface area (Å²) in [7, 11) is 0.457. The van der Waals surface area contributed by atoms with Crippen molar-refractivity contribution in [1.29, 1.82) is 0 Å². The number of carbonyl (C=O) groups excluding carboxylic acids is 4. The van der Waals surface area contributed by atoms with Crippen LogP contribution in [-0.2, 0) is 47.2 Å². The zero-order valence-corrected chi connectivity index (χ0v) is 32.9. The number of hydrogen-bond donors (Lipinski definition) is 1. The van der Waals surface area contributed by atoms with Crippen molar-refractivity contribution in [3.63, 3.8) is 0 Å². The van der Waals surface area contributed by atoms with Crippen LogP contribution >= 0.6 is 0 Å². The lowest BCUT2D eigenvalue weighted by Crippen LogP contribution is -2.52. The minimum absolute atomic E-state index is 0.0318. The summed E-state index contributed by atoms with van der Waals surface area (Å²) in [5, 5.41) is 11.6. The summed E-state index contributed by atoms with van der Waals surface area (Å²) in [6, 6.07) is 21.5. The van der Waals surface area contributed by atoms with Gasteiger partial charge in [0.25, 0.3) is 5.91 Å². The molecule has 12 heteroatoms. The summed E-state index contributed by atoms with van der Waals surface area (Å²) in [5.41, 5.74) is 2.78. The van der Waals surface area contributed by atoms with E-state index >= 15 is 4.79 Å². The molecule has 4 heterocycles. The van der Waals surface area contributed by atoms with Crippen molar-refractivity contribution in [2.24, 2.45) is 5.92 Å². The Morgan fingerprint density at radius 3 is 2.39 bits per heavy atom. The van der Waals surface area contributed by atoms with Gasteiger partial charge in [-0.05, 0) is 66.3 Å². The first-order valence-corrected chi connectivity index (χ1v) is 22.2. The van der Waals surface area contributed by atoms with Gasteiger partial charge in [-0.3, -0.25) is 19.2 Å². The molecule has 5 atom stereocenters. The van der Waals surface area contributed by atoms with Crippen molar-refractivity contribution in [2.75, 3.05) is 43.7 Å². The van der Waals surface area contributed by atoms with E-state index in [1.165, 1.54) is 7.11 Å². The highest BCUT2D eigenvalue weighted by molar-refractivity contribution is 6.91. The third-order valence-electron chi connectivity index (χ3n) is 12.5. The number of aliphatic hydroxyl groups is 1. The predicted molar refractivity (Wildman–Crippen MR) is 207 cm³/mol. The van der Waals surface area contributed by atoms with Crippen LogP contribution in [0.5, 0.6) is 5.75 Å². The lowest BCUT2D eigenvalue weighted by atomic mass is 9.82. The highest BCUT2D eigenvalue weighted by atomic mass is 28.3. The summed E-state index contributed by atoms with van der Waals surface area (Å²) in [5.74, 6) is -0.160. The molecule has 1 spiro atoms. The molecule has 0 aromatic heterocycles. The van der Waals surface area contributed by atoms with E-state index in [1.807, 2.05) is 48.5 Å². The normalized spacial score (nSPS) is 24.7. The summed E-state index contributed by atoms with van der Waals surface area (Å²) >= 11 is 0. The number of esters is 1. The van der Waals surface area contributed by atoms with Crippen LogP contribution in [-0.4, -0.2) is 87.8 Å². The molecule has 7 rings (SSSR count). The molecule has 2 saturated heterocycles. The third kappa shape index (κ3) is 6.41. The highest BCUT2D eigenvalue weighted by Crippen LogP contribution is 2.60. The minimum Gasteiger partial charge on any atom is -0.497 e. The number of methoxy groups -OCH3 is 2. The maximum absolute atomic E-state index is 15.2. The van der Waals surface area contributed by atoms with Crippen molar-refractivity contribution >= 4 is 48.3 Å². The van der Waals surface area contributed by atoms with Crippen LogP contribution in [0.15, 0.2) is 66.7 Å². The topological polar surface area (TPSA) is 126 Å². The van der Waals surface area contributed by atoms with Crippen LogP contribution < -0.4 is 19.7 Å². The zero-order chi connectivity index (χ0) is 38.4. The van der Waals surface area contributed by atoms with Crippen molar-refractivity contribution in [3.05, 3.63) is 83.4 Å². The fraction of sp³-hybridized carbons (Fsp3) is 0.476. The molecule has 0 radical (unpaired) electrons. The van der Waals surface area contributed by atoms with E-state index in [-0.39, 0.29) is 60.6 Å². The van der Waals surface area contributed by atoms with E-state index in [0.29, 0.717) is 50.9 Å². The van der Waals surface area contributed by atoms with E-state index < -0.39 is 19.8 Å². The Balaban J connectivity index is 1.29. The van der Waals surface area contributed by atoms with E-state index in [2.05, 4.69) is 38.2 Å². The molecule has 1 N–H and O–H groups in total. The Morgan fingerprint density at radius 1 is 1.00 bits per heavy atom. The molecule has 3 amide bonds. The van der Waals surface area contributed by atoms with E-state index in [9.17, 15) is 19.5 Å². The molecule has 54 heavy (non-hydrogen) atoms. The first-order chi connectivity index (χ1) is 25.9. The molecule has 0 aliphatic carbocycles. The fourth-order valence-electron chi connectivity index (χ4n) is 9.45. The van der Waals surface area contributed by atoms with Gasteiger partial charge in [0, 0.05) is 49.6 Å². The van der Waals surface area contributed by atoms with Gasteiger partial charge in [0.15, 0.2) is 5.60 Å². The largest absolute Gasteiger partial charge is 0.497 e. The SMILES string of the molecule is COC(=O)CCCCN1C(=O)[C@@]2(O[C@@H](CC(=O)N3Cc4ccccc4C[C@H]3CO)[C@H]([Si](C)(C)c3ccc(OC)cc3)[C@H]2C)c2cc(N3CCC3=O)ccc21. The Kier molecular flexibility index (Phi) is 10.5. The Morgan fingerprint density at radius 2 is 1.74 bits per heavy atom. The number of rotatable bonds is 12. The molecule has 0 unspecified atom stereocenters. The maximum atomic E-state index is 15.2. The Labute approximate surface area is 318 Å². The Bertz CT molecular complexity index is 1930. The molecule has 4 aliphatic rings. The summed E-state index contributed by atoms with van der Waals surface area (Å²) in [6.45, 7) is 7.87. The number of aliphatic hydroxyl groups excluding tert-OH is 1. The number of amides is 3. The summed E-state index contributed by atoms with van der Waals surface area (Å²) in [4.78, 5) is 59.6. The molecule has 3 aromatic rings. The maximum Gasteiger partial charge on any atom is 0.305 e. The van der Waals surface area contributed by atoms with Gasteiger partial charge in [-0.15, -0.1) is 0 Å². The standard InChI is InChI=1S/C42H51N3O8Si/c1-27-40(54(4,5)33-16-14-32(51-2)15-17-33)36(24-38(48)45-25-29-11-7-6-10-28(29)22-31(45)26-46)53-42(27)34-23-30(43-21-19-37(43)47)13-18-35(34)44(41(42)50)20-9-8-12-39(49)52-3/h6-7,10-11,13-18,23,27,31,36,40,46H,8-9,12,19-22,24-26H2,1-5H3/t27-,31+,36+,40-,42+/m1/s1. The number of carbonyl (C=O) groups is 4. The van der Waals surface area contributed by atoms with E-state index in [0.717, 1.165) is 33.4 Å². The van der Waals surface area contributed by atoms with E-state index in [1.54, 1.807) is 21.8 Å². The monoisotopic (exact) mass is 753 g/mol. The smallest absolute Gasteiger partial charge is 0.305 e. The number of hydrogen-bond acceptors (Lipinski definition) is 8. The molecule has 0 saturated carbocycles. The summed E-state index contributed by atoms with van der Waals surface area (Å²) in [6.07, 6.45) is 1.86. The number of benzene rings is 3. The Hall–Kier alpha value is -4.52. The van der Waals surface area contributed by atoms with E-state index in [4.69, 9.17) is 14.2 Å². The first kappa shape index (κ1) is 37.8. The molecular weight excluding hydrogens is 703 g/mol. The van der Waals surface area contributed by atoms with Gasteiger partial charge in [-0.25, -0.2) is 0 Å². The van der Waals surface area contributed by atoms with Crippen LogP contribution in [0.2, 0.25) is 18.6 Å². The number of nitrogens with zero attached hydrogens (tertiary/aromatic N) is 3. The third-order valence-corrected chi connectivity index (χ3v) is 16.8. The molecular formula is C42H51N3O8Si. The van der Waals surface area contributed by atoms with Gasteiger partial charge in [-0.1, -0.05) is 61.6 Å². The number of anilines is 2. The van der Waals surface area contributed by atoms with Crippen LogP contribution in [0.4, 0.5) is 11.4 Å². The zero-order valence-electron chi connectivity index (χ0n) is 31.9. The average molecular weight is 754 g/mol. The van der Waals surface area contributed by atoms with Crippen molar-refractivity contribution < 1.29 is 38.5 Å². The number of unbranched alkanes of at least 4 members (excludes halogenated alkanes) is 1. The van der Waals surface area contributed by atoms with Crippen LogP contribution in [0.25, 0.3) is 0 Å². The second-order valence-corrected chi connectivity index (χ2v) is 20.4. The molecule has 4 aliphatic heterocycles. The van der Waals surface area contributed by atoms with Crippen LogP contribution in [0.1, 0.15) is 55.7 Å². The lowest BCUT2D eigenvalue weighted by Gasteiger charge is -2.39. The molecule has 11 nitrogen and oxygen atoms in total. The first-order valence-electron chi connectivity index (χ1n) is 19.1. The van der Waals surface area contributed by atoms with Crippen LogP contribution in [0, 0.1) is 5.92 Å². The van der Waals surface area contributed by atoms with Gasteiger partial charge in [0.05, 0.1) is 53.2 Å². The van der Waals surface area contributed by atoms with Crippen molar-refractivity contribution in [1.82, 2.24) is 4.90 Å². The van der Waals surface area contributed by atoms with Crippen LogP contribution in [0.3, 0.4) is 0 Å². The van der Waals surface area contributed by atoms with Gasteiger partial charge in [0.2, 0.25) is 11.8 Å². The molecule has 2 fully saturated rings. The van der Waals surface area contributed by atoms with Crippen molar-refractivity contribution in [3.8, 4) is 5.75 Å². The quantitative estimate of drug-likeness (QED) is 0.123. The second kappa shape index (κ2) is 15.0. The van der Waals surface area contributed by atoms with Gasteiger partial charge in [-0.2, -0.15) is 0 Å². The molecule has 3 aromatic carbocycles. The number of ether oxygens (including phenoxy) is 3. The lowest BCUT2D eigenvalue weighted by molar-refractivity contribution is -0.151. The second-order valence-electron chi connectivity index (χ2n) is 15.7. The molecule has 0 bridgehead atoms. The fourth-order valence-corrected chi connectivity index (χ4v) is 13.5. The van der Waals surface area contributed by atoms with Gasteiger partial charge >= 0.3 is 5.97 Å². The van der Waals surface area contributed by atoms with Crippen molar-refractivity contribution in [2.45, 2.75) is 88.4 Å². The predicted octanol–water partition coefficient (Wildman–Crippen LogP) is 4.67. The minimum atomic E-state index is -2.55. The van der Waals surface area contributed by atoms with Gasteiger partial charge in [0.1, 0.15) is 5.75 Å².